The van der Waals surface area contributed by atoms with Gasteiger partial charge in [0.15, 0.2) is 0 Å². The van der Waals surface area contributed by atoms with E-state index in [-0.39, 0.29) is 11.5 Å². The van der Waals surface area contributed by atoms with Crippen LogP contribution in [0.5, 0.6) is 0 Å². The molecule has 0 atom stereocenters. The van der Waals surface area contributed by atoms with Crippen LogP contribution in [0.15, 0.2) is 23.0 Å². The number of carbonyl (C=O) groups excluding carboxylic acids is 1. The van der Waals surface area contributed by atoms with Crippen molar-refractivity contribution >= 4 is 28.5 Å². The van der Waals surface area contributed by atoms with Gasteiger partial charge in [0.1, 0.15) is 5.69 Å². The molecule has 27 heavy (non-hydrogen) atoms. The number of hydrogen-bond acceptors (Lipinski definition) is 3. The van der Waals surface area contributed by atoms with E-state index in [1.807, 2.05) is 11.0 Å². The van der Waals surface area contributed by atoms with Crippen LogP contribution in [0.4, 0.5) is 0 Å². The molecule has 0 radical (unpaired) electrons. The van der Waals surface area contributed by atoms with Gasteiger partial charge in [-0.05, 0) is 42.9 Å². The number of benzene rings is 1. The van der Waals surface area contributed by atoms with E-state index in [1.165, 1.54) is 0 Å². The van der Waals surface area contributed by atoms with Gasteiger partial charge in [0.25, 0.3) is 5.56 Å². The average molecular weight is 390 g/mol. The molecule has 0 spiro atoms. The third-order valence-electron chi connectivity index (χ3n) is 5.24. The van der Waals surface area contributed by atoms with Crippen molar-refractivity contribution in [2.75, 3.05) is 13.1 Å². The fourth-order valence-electron chi connectivity index (χ4n) is 3.62. The number of hydrogen-bond donors (Lipinski definition) is 0. The zero-order chi connectivity index (χ0) is 19.6. The van der Waals surface area contributed by atoms with Gasteiger partial charge < -0.3 is 9.47 Å². The standard InChI is InChI=1S/C21H28ClN3O2/c1-14(2)13-25-19-6-4-16(22)12-18(19)23-17(21(25)27)5-7-20(26)24-10-8-15(3)9-11-24/h4,6,12,14-15H,5,7-11,13H2,1-3H3. The first-order valence-corrected chi connectivity index (χ1v) is 10.2. The minimum absolute atomic E-state index is 0.0985. The molecular weight excluding hydrogens is 362 g/mol. The molecule has 2 aromatic rings. The van der Waals surface area contributed by atoms with E-state index in [4.69, 9.17) is 11.6 Å². The number of amides is 1. The van der Waals surface area contributed by atoms with E-state index in [1.54, 1.807) is 16.7 Å². The summed E-state index contributed by atoms with van der Waals surface area (Å²) in [5.74, 6) is 1.13. The number of nitrogens with zero attached hydrogens (tertiary/aromatic N) is 3. The Hall–Kier alpha value is -1.88. The summed E-state index contributed by atoms with van der Waals surface area (Å²) >= 11 is 6.12. The highest BCUT2D eigenvalue weighted by Crippen LogP contribution is 2.19. The largest absolute Gasteiger partial charge is 0.343 e. The molecule has 5 nitrogen and oxygen atoms in total. The summed E-state index contributed by atoms with van der Waals surface area (Å²) in [6.45, 7) is 8.63. The lowest BCUT2D eigenvalue weighted by Crippen LogP contribution is -2.38. The van der Waals surface area contributed by atoms with E-state index in [0.717, 1.165) is 31.4 Å². The highest BCUT2D eigenvalue weighted by molar-refractivity contribution is 6.31. The van der Waals surface area contributed by atoms with Gasteiger partial charge in [0.05, 0.1) is 11.0 Å². The predicted molar refractivity (Wildman–Crippen MR) is 109 cm³/mol. The van der Waals surface area contributed by atoms with Crippen LogP contribution >= 0.6 is 11.6 Å². The Morgan fingerprint density at radius 1 is 1.30 bits per heavy atom. The number of carbonyl (C=O) groups is 1. The molecule has 1 amide bonds. The number of piperidine rings is 1. The SMILES string of the molecule is CC(C)Cn1c(=O)c(CCC(=O)N2CCC(C)CC2)nc2cc(Cl)ccc21. The van der Waals surface area contributed by atoms with E-state index in [0.29, 0.717) is 47.5 Å². The first-order chi connectivity index (χ1) is 12.8. The molecule has 0 N–H and O–H groups in total. The van der Waals surface area contributed by atoms with Gasteiger partial charge in [-0.1, -0.05) is 32.4 Å². The van der Waals surface area contributed by atoms with Crippen LogP contribution in [0.1, 0.15) is 45.7 Å². The second-order valence-corrected chi connectivity index (χ2v) is 8.50. The van der Waals surface area contributed by atoms with Crippen LogP contribution < -0.4 is 5.56 Å². The quantitative estimate of drug-likeness (QED) is 0.779. The van der Waals surface area contributed by atoms with Crippen molar-refractivity contribution < 1.29 is 4.79 Å². The van der Waals surface area contributed by atoms with Crippen LogP contribution in [0.3, 0.4) is 0 Å². The van der Waals surface area contributed by atoms with Gasteiger partial charge in [-0.2, -0.15) is 0 Å². The van der Waals surface area contributed by atoms with E-state index in [2.05, 4.69) is 25.8 Å². The fraction of sp³-hybridized carbons (Fsp3) is 0.571. The number of likely N-dealkylation sites (tertiary alicyclic amines) is 1. The minimum atomic E-state index is -0.0985. The Kier molecular flexibility index (Phi) is 6.20. The molecule has 3 rings (SSSR count). The monoisotopic (exact) mass is 389 g/mol. The number of halogens is 1. The van der Waals surface area contributed by atoms with Gasteiger partial charge in [-0.25, -0.2) is 4.98 Å². The van der Waals surface area contributed by atoms with E-state index in [9.17, 15) is 9.59 Å². The third kappa shape index (κ3) is 4.70. The van der Waals surface area contributed by atoms with Crippen LogP contribution in [0.2, 0.25) is 5.02 Å². The van der Waals surface area contributed by atoms with E-state index >= 15 is 0 Å². The molecule has 0 aliphatic carbocycles. The average Bonchev–Trinajstić information content (AvgIpc) is 2.62. The maximum atomic E-state index is 13.0. The van der Waals surface area contributed by atoms with E-state index < -0.39 is 0 Å². The second-order valence-electron chi connectivity index (χ2n) is 8.06. The molecule has 0 saturated carbocycles. The van der Waals surface area contributed by atoms with Crippen molar-refractivity contribution in [3.63, 3.8) is 0 Å². The first-order valence-electron chi connectivity index (χ1n) is 9.82. The Labute approximate surface area is 165 Å². The molecule has 2 heterocycles. The number of fused-ring (bicyclic) bond motifs is 1. The van der Waals surface area contributed by atoms with Gasteiger partial charge in [-0.3, -0.25) is 9.59 Å². The molecule has 6 heteroatoms. The number of aryl methyl sites for hydroxylation is 1. The van der Waals surface area contributed by atoms with Gasteiger partial charge in [0.2, 0.25) is 5.91 Å². The Balaban J connectivity index is 1.84. The lowest BCUT2D eigenvalue weighted by Gasteiger charge is -2.30. The Morgan fingerprint density at radius 2 is 2.00 bits per heavy atom. The second kappa shape index (κ2) is 8.42. The molecule has 1 aliphatic heterocycles. The third-order valence-corrected chi connectivity index (χ3v) is 5.47. The van der Waals surface area contributed by atoms with Gasteiger partial charge in [-0.15, -0.1) is 0 Å². The minimum Gasteiger partial charge on any atom is -0.343 e. The summed E-state index contributed by atoms with van der Waals surface area (Å²) in [4.78, 5) is 32.0. The predicted octanol–water partition coefficient (Wildman–Crippen LogP) is 3.90. The van der Waals surface area contributed by atoms with Crippen molar-refractivity contribution in [1.29, 1.82) is 0 Å². The Morgan fingerprint density at radius 3 is 2.67 bits per heavy atom. The summed E-state index contributed by atoms with van der Waals surface area (Å²) in [7, 11) is 0. The molecule has 146 valence electrons. The first kappa shape index (κ1) is 19.9. The van der Waals surface area contributed by atoms with Gasteiger partial charge in [0, 0.05) is 37.5 Å². The zero-order valence-electron chi connectivity index (χ0n) is 16.4. The molecule has 1 aromatic heterocycles. The molecule has 1 saturated heterocycles. The summed E-state index contributed by atoms with van der Waals surface area (Å²) in [6.07, 6.45) is 2.80. The summed E-state index contributed by atoms with van der Waals surface area (Å²) in [5, 5.41) is 0.592. The summed E-state index contributed by atoms with van der Waals surface area (Å²) < 4.78 is 1.77. The van der Waals surface area contributed by atoms with Crippen LogP contribution in [-0.2, 0) is 17.8 Å². The summed E-state index contributed by atoms with van der Waals surface area (Å²) in [6, 6.07) is 5.41. The lowest BCUT2D eigenvalue weighted by molar-refractivity contribution is -0.132. The van der Waals surface area contributed by atoms with Crippen LogP contribution in [0.25, 0.3) is 11.0 Å². The fourth-order valence-corrected chi connectivity index (χ4v) is 3.79. The van der Waals surface area contributed by atoms with Crippen molar-refractivity contribution in [3.05, 3.63) is 39.3 Å². The zero-order valence-corrected chi connectivity index (χ0v) is 17.1. The maximum Gasteiger partial charge on any atom is 0.272 e. The highest BCUT2D eigenvalue weighted by atomic mass is 35.5. The topological polar surface area (TPSA) is 55.2 Å². The number of aromatic nitrogens is 2. The van der Waals surface area contributed by atoms with Crippen molar-refractivity contribution in [1.82, 2.24) is 14.5 Å². The van der Waals surface area contributed by atoms with Crippen LogP contribution in [0, 0.1) is 11.8 Å². The molecular formula is C21H28ClN3O2. The van der Waals surface area contributed by atoms with Crippen LogP contribution in [-0.4, -0.2) is 33.4 Å². The van der Waals surface area contributed by atoms with Crippen molar-refractivity contribution in [3.8, 4) is 0 Å². The van der Waals surface area contributed by atoms with Gasteiger partial charge >= 0.3 is 0 Å². The lowest BCUT2D eigenvalue weighted by atomic mass is 9.99. The normalized spacial score (nSPS) is 15.7. The van der Waals surface area contributed by atoms with Crippen molar-refractivity contribution in [2.24, 2.45) is 11.8 Å². The number of rotatable bonds is 5. The molecule has 0 bridgehead atoms. The summed E-state index contributed by atoms with van der Waals surface area (Å²) in [5.41, 5.74) is 1.85. The molecule has 1 aromatic carbocycles. The molecule has 1 fully saturated rings. The molecule has 0 unspecified atom stereocenters. The molecule has 1 aliphatic rings. The van der Waals surface area contributed by atoms with Crippen molar-refractivity contribution in [2.45, 2.75) is 53.0 Å². The smallest absolute Gasteiger partial charge is 0.272 e. The highest BCUT2D eigenvalue weighted by Gasteiger charge is 2.21. The maximum absolute atomic E-state index is 13.0. The Bertz CT molecular complexity index is 883.